The Morgan fingerprint density at radius 3 is 2.72 bits per heavy atom. The molecule has 9 heteroatoms. The van der Waals surface area contributed by atoms with Gasteiger partial charge in [0.05, 0.1) is 11.6 Å². The smallest absolute Gasteiger partial charge is 0.227 e. The summed E-state index contributed by atoms with van der Waals surface area (Å²) in [7, 11) is 0. The standard InChI is InChI=1S/C20H21F2N5O2/c21-14-4-5-17(16(22)10-14)27-11-13(9-18(27)28)19(29)25-15-3-1-8-26(12-15)20-23-6-2-7-24-20/h2,4-7,10,13,15H,1,3,8-9,11-12H2,(H,25,29). The highest BCUT2D eigenvalue weighted by Crippen LogP contribution is 2.28. The normalized spacial score (nSPS) is 22.1. The van der Waals surface area contributed by atoms with Gasteiger partial charge in [-0.2, -0.15) is 0 Å². The van der Waals surface area contributed by atoms with E-state index in [-0.39, 0.29) is 36.5 Å². The maximum absolute atomic E-state index is 14.0. The highest BCUT2D eigenvalue weighted by molar-refractivity contribution is 6.00. The summed E-state index contributed by atoms with van der Waals surface area (Å²) in [4.78, 5) is 36.8. The van der Waals surface area contributed by atoms with Crippen molar-refractivity contribution in [3.05, 3.63) is 48.3 Å². The Bertz CT molecular complexity index is 911. The van der Waals surface area contributed by atoms with Crippen LogP contribution in [0.15, 0.2) is 36.7 Å². The number of nitrogens with one attached hydrogen (secondary N) is 1. The van der Waals surface area contributed by atoms with Gasteiger partial charge in [-0.3, -0.25) is 9.59 Å². The van der Waals surface area contributed by atoms with Gasteiger partial charge in [0.2, 0.25) is 17.8 Å². The van der Waals surface area contributed by atoms with E-state index in [4.69, 9.17) is 0 Å². The van der Waals surface area contributed by atoms with Gasteiger partial charge in [-0.1, -0.05) is 0 Å². The first kappa shape index (κ1) is 19.2. The summed E-state index contributed by atoms with van der Waals surface area (Å²) in [5, 5.41) is 3.01. The highest BCUT2D eigenvalue weighted by Gasteiger charge is 2.37. The van der Waals surface area contributed by atoms with E-state index in [0.29, 0.717) is 12.5 Å². The number of halogens is 2. The van der Waals surface area contributed by atoms with Gasteiger partial charge in [0.15, 0.2) is 0 Å². The Morgan fingerprint density at radius 1 is 1.17 bits per heavy atom. The summed E-state index contributed by atoms with van der Waals surface area (Å²) in [6.45, 7) is 1.48. The number of carbonyl (C=O) groups excluding carboxylic acids is 2. The van der Waals surface area contributed by atoms with E-state index >= 15 is 0 Å². The minimum absolute atomic E-state index is 0.000873. The molecule has 2 saturated heterocycles. The number of piperidine rings is 1. The van der Waals surface area contributed by atoms with Gasteiger partial charge in [0, 0.05) is 50.6 Å². The Kier molecular flexibility index (Phi) is 5.37. The van der Waals surface area contributed by atoms with E-state index in [9.17, 15) is 18.4 Å². The monoisotopic (exact) mass is 401 g/mol. The van der Waals surface area contributed by atoms with Crippen LogP contribution in [-0.4, -0.2) is 47.5 Å². The van der Waals surface area contributed by atoms with Crippen LogP contribution in [-0.2, 0) is 9.59 Å². The molecule has 0 spiro atoms. The molecule has 2 fully saturated rings. The van der Waals surface area contributed by atoms with Crippen LogP contribution in [0.25, 0.3) is 0 Å². The van der Waals surface area contributed by atoms with E-state index in [2.05, 4.69) is 15.3 Å². The van der Waals surface area contributed by atoms with Crippen molar-refractivity contribution in [2.45, 2.75) is 25.3 Å². The van der Waals surface area contributed by atoms with Crippen molar-refractivity contribution in [3.8, 4) is 0 Å². The van der Waals surface area contributed by atoms with Crippen LogP contribution in [0, 0.1) is 17.6 Å². The maximum atomic E-state index is 14.0. The maximum Gasteiger partial charge on any atom is 0.227 e. The average Bonchev–Trinajstić information content (AvgIpc) is 3.10. The molecular formula is C20H21F2N5O2. The molecule has 0 radical (unpaired) electrons. The van der Waals surface area contributed by atoms with Crippen LogP contribution in [0.1, 0.15) is 19.3 Å². The number of hydrogen-bond donors (Lipinski definition) is 1. The quantitative estimate of drug-likeness (QED) is 0.847. The van der Waals surface area contributed by atoms with Crippen LogP contribution in [0.2, 0.25) is 0 Å². The lowest BCUT2D eigenvalue weighted by Gasteiger charge is -2.33. The third kappa shape index (κ3) is 4.18. The van der Waals surface area contributed by atoms with Crippen molar-refractivity contribution in [2.24, 2.45) is 5.92 Å². The van der Waals surface area contributed by atoms with E-state index in [1.165, 1.54) is 11.0 Å². The molecule has 3 heterocycles. The topological polar surface area (TPSA) is 78.4 Å². The van der Waals surface area contributed by atoms with Crippen molar-refractivity contribution >= 4 is 23.5 Å². The zero-order chi connectivity index (χ0) is 20.4. The number of amides is 2. The fraction of sp³-hybridized carbons (Fsp3) is 0.400. The van der Waals surface area contributed by atoms with Crippen molar-refractivity contribution in [1.29, 1.82) is 0 Å². The molecule has 1 aromatic heterocycles. The highest BCUT2D eigenvalue weighted by atomic mass is 19.1. The van der Waals surface area contributed by atoms with Crippen molar-refractivity contribution in [3.63, 3.8) is 0 Å². The SMILES string of the molecule is O=C(NC1CCCN(c2ncccn2)C1)C1CC(=O)N(c2ccc(F)cc2F)C1. The minimum Gasteiger partial charge on any atom is -0.351 e. The summed E-state index contributed by atoms with van der Waals surface area (Å²) >= 11 is 0. The molecule has 0 aliphatic carbocycles. The van der Waals surface area contributed by atoms with Crippen LogP contribution >= 0.6 is 0 Å². The third-order valence-corrected chi connectivity index (χ3v) is 5.30. The summed E-state index contributed by atoms with van der Waals surface area (Å²) in [6.07, 6.45) is 5.07. The second kappa shape index (κ2) is 8.10. The number of benzene rings is 1. The molecule has 2 atom stereocenters. The van der Waals surface area contributed by atoms with E-state index in [1.54, 1.807) is 18.5 Å². The fourth-order valence-corrected chi connectivity index (χ4v) is 3.87. The number of rotatable bonds is 4. The zero-order valence-corrected chi connectivity index (χ0v) is 15.7. The first-order valence-corrected chi connectivity index (χ1v) is 9.59. The van der Waals surface area contributed by atoms with Gasteiger partial charge in [-0.15, -0.1) is 0 Å². The van der Waals surface area contributed by atoms with E-state index in [0.717, 1.165) is 31.5 Å². The van der Waals surface area contributed by atoms with Crippen LogP contribution < -0.4 is 15.1 Å². The van der Waals surface area contributed by atoms with Crippen LogP contribution in [0.3, 0.4) is 0 Å². The van der Waals surface area contributed by atoms with Crippen molar-refractivity contribution in [1.82, 2.24) is 15.3 Å². The second-order valence-electron chi connectivity index (χ2n) is 7.34. The largest absolute Gasteiger partial charge is 0.351 e. The van der Waals surface area contributed by atoms with Crippen molar-refractivity contribution < 1.29 is 18.4 Å². The molecule has 2 aliphatic rings. The van der Waals surface area contributed by atoms with Gasteiger partial charge in [0.25, 0.3) is 0 Å². The summed E-state index contributed by atoms with van der Waals surface area (Å²) in [5.74, 6) is -2.06. The molecule has 2 amide bonds. The van der Waals surface area contributed by atoms with Gasteiger partial charge < -0.3 is 15.1 Å². The first-order valence-electron chi connectivity index (χ1n) is 9.59. The fourth-order valence-electron chi connectivity index (χ4n) is 3.87. The molecule has 2 aliphatic heterocycles. The molecule has 29 heavy (non-hydrogen) atoms. The molecule has 2 unspecified atom stereocenters. The average molecular weight is 401 g/mol. The van der Waals surface area contributed by atoms with Gasteiger partial charge in [0.1, 0.15) is 11.6 Å². The van der Waals surface area contributed by atoms with Gasteiger partial charge in [-0.05, 0) is 31.0 Å². The Hall–Kier alpha value is -3.10. The Morgan fingerprint density at radius 2 is 1.97 bits per heavy atom. The number of hydrogen-bond acceptors (Lipinski definition) is 5. The van der Waals surface area contributed by atoms with E-state index < -0.39 is 17.6 Å². The molecule has 0 bridgehead atoms. The van der Waals surface area contributed by atoms with Crippen molar-refractivity contribution in [2.75, 3.05) is 29.4 Å². The summed E-state index contributed by atoms with van der Waals surface area (Å²) < 4.78 is 27.2. The number of anilines is 2. The summed E-state index contributed by atoms with van der Waals surface area (Å²) in [5.41, 5.74) is -0.00299. The molecule has 1 aromatic carbocycles. The Labute approximate surface area is 166 Å². The van der Waals surface area contributed by atoms with E-state index in [1.807, 2.05) is 4.90 Å². The molecule has 4 rings (SSSR count). The number of carbonyl (C=O) groups is 2. The lowest BCUT2D eigenvalue weighted by atomic mass is 10.0. The first-order chi connectivity index (χ1) is 14.0. The lowest BCUT2D eigenvalue weighted by Crippen LogP contribution is -2.50. The molecule has 2 aromatic rings. The third-order valence-electron chi connectivity index (χ3n) is 5.30. The molecule has 0 saturated carbocycles. The molecule has 1 N–H and O–H groups in total. The second-order valence-corrected chi connectivity index (χ2v) is 7.34. The summed E-state index contributed by atoms with van der Waals surface area (Å²) in [6, 6.07) is 4.73. The lowest BCUT2D eigenvalue weighted by molar-refractivity contribution is -0.127. The predicted octanol–water partition coefficient (Wildman–Crippen LogP) is 1.89. The van der Waals surface area contributed by atoms with Gasteiger partial charge in [-0.25, -0.2) is 18.7 Å². The minimum atomic E-state index is -0.815. The van der Waals surface area contributed by atoms with Crippen LogP contribution in [0.5, 0.6) is 0 Å². The number of nitrogens with zero attached hydrogens (tertiary/aromatic N) is 4. The zero-order valence-electron chi connectivity index (χ0n) is 15.7. The Balaban J connectivity index is 1.38. The molecule has 7 nitrogen and oxygen atoms in total. The predicted molar refractivity (Wildman–Crippen MR) is 102 cm³/mol. The van der Waals surface area contributed by atoms with Crippen LogP contribution in [0.4, 0.5) is 20.4 Å². The molecule has 152 valence electrons. The molecular weight excluding hydrogens is 380 g/mol. The number of aromatic nitrogens is 2. The van der Waals surface area contributed by atoms with Gasteiger partial charge >= 0.3 is 0 Å².